The second-order valence-electron chi connectivity index (χ2n) is 6.66. The van der Waals surface area contributed by atoms with Crippen molar-refractivity contribution in [3.05, 3.63) is 47.5 Å². The number of carbonyl (C=O) groups is 1. The van der Waals surface area contributed by atoms with Gasteiger partial charge in [0.15, 0.2) is 11.6 Å². The van der Waals surface area contributed by atoms with Gasteiger partial charge in [0, 0.05) is 13.1 Å². The topological polar surface area (TPSA) is 58.1 Å². The summed E-state index contributed by atoms with van der Waals surface area (Å²) in [6.07, 6.45) is 2.72. The Morgan fingerprint density at radius 3 is 2.67 bits per heavy atom. The predicted octanol–water partition coefficient (Wildman–Crippen LogP) is 3.20. The van der Waals surface area contributed by atoms with Crippen LogP contribution in [0.2, 0.25) is 0 Å². The summed E-state index contributed by atoms with van der Waals surface area (Å²) >= 11 is 0. The van der Waals surface area contributed by atoms with Crippen molar-refractivity contribution in [3.8, 4) is 0 Å². The zero-order chi connectivity index (χ0) is 16.9. The number of anilines is 2. The molecule has 1 saturated heterocycles. The first-order valence-electron chi connectivity index (χ1n) is 8.54. The van der Waals surface area contributed by atoms with Crippen LogP contribution in [-0.2, 0) is 11.2 Å². The van der Waals surface area contributed by atoms with Crippen LogP contribution < -0.4 is 10.2 Å². The van der Waals surface area contributed by atoms with E-state index in [0.29, 0.717) is 12.2 Å². The lowest BCUT2D eigenvalue weighted by atomic mass is 9.99. The molecule has 1 aliphatic rings. The molecular formula is C19H24N4O. The van der Waals surface area contributed by atoms with Crippen LogP contribution in [0.25, 0.3) is 0 Å². The quantitative estimate of drug-likeness (QED) is 0.938. The van der Waals surface area contributed by atoms with E-state index in [1.54, 1.807) is 0 Å². The highest BCUT2D eigenvalue weighted by molar-refractivity contribution is 5.91. The normalized spacial score (nSPS) is 15.3. The molecule has 126 valence electrons. The van der Waals surface area contributed by atoms with E-state index in [1.165, 1.54) is 12.8 Å². The lowest BCUT2D eigenvalue weighted by Crippen LogP contribution is -2.33. The van der Waals surface area contributed by atoms with Gasteiger partial charge < -0.3 is 10.2 Å². The molecule has 24 heavy (non-hydrogen) atoms. The summed E-state index contributed by atoms with van der Waals surface area (Å²) in [7, 11) is 0. The molecule has 1 aromatic carbocycles. The van der Waals surface area contributed by atoms with Gasteiger partial charge in [-0.1, -0.05) is 36.8 Å². The summed E-state index contributed by atoms with van der Waals surface area (Å²) < 4.78 is 0. The van der Waals surface area contributed by atoms with Crippen LogP contribution in [0.1, 0.15) is 30.9 Å². The molecule has 2 heterocycles. The Hall–Kier alpha value is -2.43. The Bertz CT molecular complexity index is 691. The van der Waals surface area contributed by atoms with Gasteiger partial charge in [0.05, 0.1) is 6.42 Å². The van der Waals surface area contributed by atoms with E-state index < -0.39 is 0 Å². The Morgan fingerprint density at radius 1 is 1.21 bits per heavy atom. The third-order valence-corrected chi connectivity index (χ3v) is 4.47. The molecule has 1 aromatic heterocycles. The van der Waals surface area contributed by atoms with E-state index in [9.17, 15) is 4.79 Å². The molecule has 1 amide bonds. The zero-order valence-corrected chi connectivity index (χ0v) is 14.3. The summed E-state index contributed by atoms with van der Waals surface area (Å²) in [6.45, 7) is 6.35. The second-order valence-corrected chi connectivity index (χ2v) is 6.66. The largest absolute Gasteiger partial charge is 0.355 e. The highest BCUT2D eigenvalue weighted by Gasteiger charge is 2.17. The van der Waals surface area contributed by atoms with Gasteiger partial charge in [-0.05, 0) is 43.4 Å². The smallest absolute Gasteiger partial charge is 0.229 e. The van der Waals surface area contributed by atoms with Gasteiger partial charge in [0.25, 0.3) is 0 Å². The summed E-state index contributed by atoms with van der Waals surface area (Å²) in [4.78, 5) is 14.4. The molecule has 0 bridgehead atoms. The number of hydrogen-bond donors (Lipinski definition) is 1. The van der Waals surface area contributed by atoms with E-state index in [0.717, 1.165) is 36.0 Å². The van der Waals surface area contributed by atoms with E-state index in [4.69, 9.17) is 0 Å². The molecule has 0 spiro atoms. The number of nitrogens with one attached hydrogen (secondary N) is 1. The maximum Gasteiger partial charge on any atom is 0.229 e. The fourth-order valence-corrected chi connectivity index (χ4v) is 2.99. The molecule has 0 atom stereocenters. The van der Waals surface area contributed by atoms with Crippen molar-refractivity contribution < 1.29 is 4.79 Å². The van der Waals surface area contributed by atoms with E-state index in [2.05, 4.69) is 27.3 Å². The molecule has 0 aliphatic carbocycles. The SMILES string of the molecule is Cc1cccc(CC(=O)Nc2ccc(N3CCC(C)CC3)nn2)c1. The monoisotopic (exact) mass is 324 g/mol. The fraction of sp³-hybridized carbons (Fsp3) is 0.421. The van der Waals surface area contributed by atoms with Crippen molar-refractivity contribution in [2.75, 3.05) is 23.3 Å². The van der Waals surface area contributed by atoms with Crippen molar-refractivity contribution in [2.24, 2.45) is 5.92 Å². The van der Waals surface area contributed by atoms with Crippen molar-refractivity contribution in [1.82, 2.24) is 10.2 Å². The van der Waals surface area contributed by atoms with Crippen LogP contribution >= 0.6 is 0 Å². The standard InChI is InChI=1S/C19H24N4O/c1-14-8-10-23(11-9-14)18-7-6-17(21-22-18)20-19(24)13-16-5-3-4-15(2)12-16/h3-7,12,14H,8-11,13H2,1-2H3,(H,20,21,24). The molecule has 2 aromatic rings. The lowest BCUT2D eigenvalue weighted by molar-refractivity contribution is -0.115. The summed E-state index contributed by atoms with van der Waals surface area (Å²) in [6, 6.07) is 11.7. The van der Waals surface area contributed by atoms with Crippen molar-refractivity contribution in [2.45, 2.75) is 33.1 Å². The Morgan fingerprint density at radius 2 is 2.00 bits per heavy atom. The van der Waals surface area contributed by atoms with Crippen LogP contribution in [0, 0.1) is 12.8 Å². The molecule has 5 heteroatoms. The van der Waals surface area contributed by atoms with E-state index >= 15 is 0 Å². The van der Waals surface area contributed by atoms with Gasteiger partial charge >= 0.3 is 0 Å². The zero-order valence-electron chi connectivity index (χ0n) is 14.3. The molecule has 0 unspecified atom stereocenters. The minimum absolute atomic E-state index is 0.0746. The average Bonchev–Trinajstić information content (AvgIpc) is 2.56. The molecule has 3 rings (SSSR count). The number of nitrogens with zero attached hydrogens (tertiary/aromatic N) is 3. The Balaban J connectivity index is 1.56. The molecule has 0 saturated carbocycles. The molecule has 1 aliphatic heterocycles. The maximum atomic E-state index is 12.1. The number of piperidine rings is 1. The van der Waals surface area contributed by atoms with Crippen LogP contribution in [0.3, 0.4) is 0 Å². The van der Waals surface area contributed by atoms with Gasteiger partial charge in [-0.3, -0.25) is 4.79 Å². The van der Waals surface area contributed by atoms with E-state index in [1.807, 2.05) is 43.3 Å². The number of amides is 1. The Kier molecular flexibility index (Phi) is 5.08. The van der Waals surface area contributed by atoms with Gasteiger partial charge in [0.1, 0.15) is 0 Å². The highest BCUT2D eigenvalue weighted by Crippen LogP contribution is 2.21. The van der Waals surface area contributed by atoms with Crippen LogP contribution in [-0.4, -0.2) is 29.2 Å². The fourth-order valence-electron chi connectivity index (χ4n) is 2.99. The number of aryl methyl sites for hydroxylation is 1. The van der Waals surface area contributed by atoms with Gasteiger partial charge in [-0.25, -0.2) is 0 Å². The third kappa shape index (κ3) is 4.31. The number of benzene rings is 1. The molecule has 5 nitrogen and oxygen atoms in total. The number of rotatable bonds is 4. The molecular weight excluding hydrogens is 300 g/mol. The first-order valence-corrected chi connectivity index (χ1v) is 8.54. The first-order chi connectivity index (χ1) is 11.6. The molecule has 0 radical (unpaired) electrons. The minimum Gasteiger partial charge on any atom is -0.355 e. The van der Waals surface area contributed by atoms with Crippen LogP contribution in [0.5, 0.6) is 0 Å². The second kappa shape index (κ2) is 7.43. The molecule has 1 N–H and O–H groups in total. The minimum atomic E-state index is -0.0746. The van der Waals surface area contributed by atoms with Gasteiger partial charge in [-0.2, -0.15) is 0 Å². The Labute approximate surface area is 143 Å². The third-order valence-electron chi connectivity index (χ3n) is 4.47. The van der Waals surface area contributed by atoms with Gasteiger partial charge in [-0.15, -0.1) is 10.2 Å². The average molecular weight is 324 g/mol. The lowest BCUT2D eigenvalue weighted by Gasteiger charge is -2.30. The summed E-state index contributed by atoms with van der Waals surface area (Å²) in [5, 5.41) is 11.2. The highest BCUT2D eigenvalue weighted by atomic mass is 16.1. The van der Waals surface area contributed by atoms with Gasteiger partial charge in [0.2, 0.25) is 5.91 Å². The molecule has 1 fully saturated rings. The van der Waals surface area contributed by atoms with E-state index in [-0.39, 0.29) is 5.91 Å². The van der Waals surface area contributed by atoms with Crippen molar-refractivity contribution in [3.63, 3.8) is 0 Å². The predicted molar refractivity (Wildman–Crippen MR) is 96.2 cm³/mol. The maximum absolute atomic E-state index is 12.1. The number of aromatic nitrogens is 2. The summed E-state index contributed by atoms with van der Waals surface area (Å²) in [5.41, 5.74) is 2.15. The first kappa shape index (κ1) is 16.4. The van der Waals surface area contributed by atoms with Crippen molar-refractivity contribution in [1.29, 1.82) is 0 Å². The van der Waals surface area contributed by atoms with Crippen molar-refractivity contribution >= 4 is 17.5 Å². The van der Waals surface area contributed by atoms with Crippen LogP contribution in [0.15, 0.2) is 36.4 Å². The number of hydrogen-bond acceptors (Lipinski definition) is 4. The summed E-state index contributed by atoms with van der Waals surface area (Å²) in [5.74, 6) is 2.10. The number of carbonyl (C=O) groups excluding carboxylic acids is 1. The van der Waals surface area contributed by atoms with Crippen LogP contribution in [0.4, 0.5) is 11.6 Å².